The van der Waals surface area contributed by atoms with Crippen LogP contribution in [0, 0.1) is 0 Å². The Morgan fingerprint density at radius 2 is 1.85 bits per heavy atom. The lowest BCUT2D eigenvalue weighted by Gasteiger charge is -2.21. The molecule has 0 aromatic carbocycles. The van der Waals surface area contributed by atoms with Crippen LogP contribution in [0.3, 0.4) is 0 Å². The molecule has 0 amide bonds. The van der Waals surface area contributed by atoms with Gasteiger partial charge in [0.15, 0.2) is 0 Å². The van der Waals surface area contributed by atoms with Crippen molar-refractivity contribution in [1.82, 2.24) is 0 Å². The fourth-order valence-corrected chi connectivity index (χ4v) is 1.55. The van der Waals surface area contributed by atoms with Gasteiger partial charge in [-0.05, 0) is 38.6 Å². The van der Waals surface area contributed by atoms with E-state index in [1.54, 1.807) is 0 Å². The van der Waals surface area contributed by atoms with E-state index in [2.05, 4.69) is 33.5 Å². The zero-order chi connectivity index (χ0) is 10.3. The van der Waals surface area contributed by atoms with Crippen LogP contribution in [0.25, 0.3) is 0 Å². The summed E-state index contributed by atoms with van der Waals surface area (Å²) >= 11 is 0. The molecule has 13 heavy (non-hydrogen) atoms. The van der Waals surface area contributed by atoms with Crippen molar-refractivity contribution >= 4 is 8.32 Å². The van der Waals surface area contributed by atoms with E-state index in [9.17, 15) is 0 Å². The maximum atomic E-state index is 5.76. The Morgan fingerprint density at radius 3 is 2.23 bits per heavy atom. The van der Waals surface area contributed by atoms with Gasteiger partial charge in [0.1, 0.15) is 0 Å². The molecule has 0 atom stereocenters. The normalized spacial score (nSPS) is 12.8. The molecule has 0 fully saturated rings. The second-order valence-corrected chi connectivity index (χ2v) is 8.42. The van der Waals surface area contributed by atoms with Gasteiger partial charge in [-0.3, -0.25) is 0 Å². The van der Waals surface area contributed by atoms with Gasteiger partial charge in [0, 0.05) is 0 Å². The predicted octanol–water partition coefficient (Wildman–Crippen LogP) is 3.52. The molecule has 0 aliphatic rings. The van der Waals surface area contributed by atoms with Crippen molar-refractivity contribution in [2.45, 2.75) is 46.3 Å². The first-order chi connectivity index (χ1) is 5.99. The second-order valence-electron chi connectivity index (χ2n) is 3.99. The summed E-state index contributed by atoms with van der Waals surface area (Å²) in [6, 6.07) is 0. The molecule has 0 aromatic rings. The van der Waals surface area contributed by atoms with Crippen molar-refractivity contribution in [2.24, 2.45) is 0 Å². The molecule has 0 unspecified atom stereocenters. The summed E-state index contributed by atoms with van der Waals surface area (Å²) in [7, 11) is -1.50. The van der Waals surface area contributed by atoms with Crippen LogP contribution in [-0.4, -0.2) is 14.9 Å². The van der Waals surface area contributed by atoms with Crippen LogP contribution in [0.15, 0.2) is 12.0 Å². The number of rotatable bonds is 6. The Bertz CT molecular complexity index is 159. The maximum Gasteiger partial charge on any atom is 0.261 e. The van der Waals surface area contributed by atoms with E-state index in [1.165, 1.54) is 0 Å². The molecule has 78 valence electrons. The number of hydrogen-bond acceptors (Lipinski definition) is 2. The largest absolute Gasteiger partial charge is 0.520 e. The van der Waals surface area contributed by atoms with Gasteiger partial charge < -0.3 is 9.16 Å². The fourth-order valence-electron chi connectivity index (χ4n) is 0.801. The van der Waals surface area contributed by atoms with Gasteiger partial charge in [0.05, 0.1) is 6.61 Å². The van der Waals surface area contributed by atoms with Crippen molar-refractivity contribution < 1.29 is 9.16 Å². The monoisotopic (exact) mass is 202 g/mol. The summed E-state index contributed by atoms with van der Waals surface area (Å²) in [5, 5.41) is 0. The van der Waals surface area contributed by atoms with E-state index < -0.39 is 8.32 Å². The molecular formula is C10H22O2Si. The van der Waals surface area contributed by atoms with Crippen molar-refractivity contribution in [2.75, 3.05) is 6.61 Å². The number of hydrogen-bond donors (Lipinski definition) is 0. The van der Waals surface area contributed by atoms with Crippen molar-refractivity contribution in [3.05, 3.63) is 12.0 Å². The molecular weight excluding hydrogens is 180 g/mol. The summed E-state index contributed by atoms with van der Waals surface area (Å²) in [6.07, 6.45) is 3.99. The van der Waals surface area contributed by atoms with Gasteiger partial charge in [0.25, 0.3) is 5.95 Å². The van der Waals surface area contributed by atoms with Crippen LogP contribution >= 0.6 is 0 Å². The van der Waals surface area contributed by atoms with E-state index in [-0.39, 0.29) is 0 Å². The molecule has 0 N–H and O–H groups in total. The second kappa shape index (κ2) is 6.08. The summed E-state index contributed by atoms with van der Waals surface area (Å²) in [6.45, 7) is 11.4. The van der Waals surface area contributed by atoms with Gasteiger partial charge in [-0.1, -0.05) is 13.8 Å². The first-order valence-corrected chi connectivity index (χ1v) is 8.42. The topological polar surface area (TPSA) is 18.5 Å². The van der Waals surface area contributed by atoms with Crippen LogP contribution in [0.2, 0.25) is 19.6 Å². The molecule has 0 spiro atoms. The SMILES string of the molecule is CC/C=C(/OCCC)O[Si](C)(C)C. The summed E-state index contributed by atoms with van der Waals surface area (Å²) in [5.41, 5.74) is 0. The Balaban J connectivity index is 4.03. The Labute approximate surface area is 83.1 Å². The molecule has 0 rings (SSSR count). The first-order valence-electron chi connectivity index (χ1n) is 5.01. The Morgan fingerprint density at radius 1 is 1.23 bits per heavy atom. The van der Waals surface area contributed by atoms with E-state index in [4.69, 9.17) is 9.16 Å². The van der Waals surface area contributed by atoms with Gasteiger partial charge >= 0.3 is 0 Å². The minimum Gasteiger partial charge on any atom is -0.520 e. The Hall–Kier alpha value is -0.443. The van der Waals surface area contributed by atoms with Crippen LogP contribution in [0.1, 0.15) is 26.7 Å². The minimum atomic E-state index is -1.50. The summed E-state index contributed by atoms with van der Waals surface area (Å²) < 4.78 is 11.2. The highest BCUT2D eigenvalue weighted by Crippen LogP contribution is 2.12. The molecule has 0 heterocycles. The average molecular weight is 202 g/mol. The third-order valence-electron chi connectivity index (χ3n) is 1.23. The molecule has 0 aromatic heterocycles. The summed E-state index contributed by atoms with van der Waals surface area (Å²) in [4.78, 5) is 0. The standard InChI is InChI=1S/C10H22O2Si/c1-6-8-10(11-9-7-2)12-13(3,4)5/h8H,6-7,9H2,1-5H3/b10-8-. The Kier molecular flexibility index (Phi) is 5.87. The highest BCUT2D eigenvalue weighted by Gasteiger charge is 2.18. The van der Waals surface area contributed by atoms with Crippen LogP contribution < -0.4 is 0 Å². The number of ether oxygens (including phenoxy) is 1. The molecule has 0 saturated carbocycles. The average Bonchev–Trinajstić information content (AvgIpc) is 1.98. The van der Waals surface area contributed by atoms with Crippen molar-refractivity contribution in [1.29, 1.82) is 0 Å². The minimum absolute atomic E-state index is 0.725. The molecule has 0 bridgehead atoms. The van der Waals surface area contributed by atoms with Crippen LogP contribution in [-0.2, 0) is 9.16 Å². The third-order valence-corrected chi connectivity index (χ3v) is 2.04. The third kappa shape index (κ3) is 7.90. The molecule has 0 aliphatic heterocycles. The molecule has 0 radical (unpaired) electrons. The van der Waals surface area contributed by atoms with E-state index in [0.29, 0.717) is 0 Å². The van der Waals surface area contributed by atoms with E-state index in [0.717, 1.165) is 25.4 Å². The molecule has 3 heteroatoms. The van der Waals surface area contributed by atoms with E-state index >= 15 is 0 Å². The van der Waals surface area contributed by atoms with Gasteiger partial charge in [-0.15, -0.1) is 0 Å². The molecule has 0 aliphatic carbocycles. The lowest BCUT2D eigenvalue weighted by Crippen LogP contribution is -2.25. The van der Waals surface area contributed by atoms with Crippen molar-refractivity contribution in [3.8, 4) is 0 Å². The highest BCUT2D eigenvalue weighted by molar-refractivity contribution is 6.69. The summed E-state index contributed by atoms with van der Waals surface area (Å²) in [5.74, 6) is 0.725. The number of allylic oxidation sites excluding steroid dienone is 1. The quantitative estimate of drug-likeness (QED) is 0.485. The highest BCUT2D eigenvalue weighted by atomic mass is 28.4. The van der Waals surface area contributed by atoms with Crippen LogP contribution in [0.4, 0.5) is 0 Å². The lowest BCUT2D eigenvalue weighted by molar-refractivity contribution is 0.102. The first kappa shape index (κ1) is 12.6. The van der Waals surface area contributed by atoms with Gasteiger partial charge in [-0.2, -0.15) is 0 Å². The van der Waals surface area contributed by atoms with Crippen LogP contribution in [0.5, 0.6) is 0 Å². The molecule has 0 saturated heterocycles. The zero-order valence-electron chi connectivity index (χ0n) is 9.52. The maximum absolute atomic E-state index is 5.76. The van der Waals surface area contributed by atoms with Crippen molar-refractivity contribution in [3.63, 3.8) is 0 Å². The van der Waals surface area contributed by atoms with Gasteiger partial charge in [-0.25, -0.2) is 0 Å². The smallest absolute Gasteiger partial charge is 0.261 e. The lowest BCUT2D eigenvalue weighted by atomic mass is 10.5. The fraction of sp³-hybridized carbons (Fsp3) is 0.800. The van der Waals surface area contributed by atoms with Gasteiger partial charge in [0.2, 0.25) is 8.32 Å². The van der Waals surface area contributed by atoms with E-state index in [1.807, 2.05) is 6.08 Å². The predicted molar refractivity (Wildman–Crippen MR) is 59.0 cm³/mol. The molecule has 2 nitrogen and oxygen atoms in total. The zero-order valence-corrected chi connectivity index (χ0v) is 10.5.